The predicted octanol–water partition coefficient (Wildman–Crippen LogP) is 3.30. The van der Waals surface area contributed by atoms with Crippen LogP contribution in [0.3, 0.4) is 0 Å². The Morgan fingerprint density at radius 3 is 2.85 bits per heavy atom. The average molecular weight is 288 g/mol. The molecule has 0 aliphatic rings. The largest absolute Gasteiger partial charge is 0.329 e. The van der Waals surface area contributed by atoms with Gasteiger partial charge in [0.1, 0.15) is 6.07 Å². The van der Waals surface area contributed by atoms with Crippen LogP contribution in [0, 0.1) is 16.1 Å². The zero-order valence-electron chi connectivity index (χ0n) is 12.2. The molecule has 1 aromatic carbocycles. The molecular formula is C15H20N4S. The van der Waals surface area contributed by atoms with E-state index in [0.717, 1.165) is 30.5 Å². The van der Waals surface area contributed by atoms with Crippen LogP contribution in [0.1, 0.15) is 25.8 Å². The van der Waals surface area contributed by atoms with E-state index in [4.69, 9.17) is 17.5 Å². The molecular weight excluding hydrogens is 268 g/mol. The van der Waals surface area contributed by atoms with E-state index in [1.807, 2.05) is 18.2 Å². The number of benzene rings is 1. The van der Waals surface area contributed by atoms with Crippen molar-refractivity contribution < 1.29 is 0 Å². The molecule has 106 valence electrons. The van der Waals surface area contributed by atoms with Crippen molar-refractivity contribution in [2.75, 3.05) is 13.6 Å². The molecule has 2 aromatic rings. The quantitative estimate of drug-likeness (QED) is 0.859. The maximum atomic E-state index is 9.13. The molecule has 0 fully saturated rings. The number of imidazole rings is 1. The molecule has 5 heteroatoms. The van der Waals surface area contributed by atoms with E-state index >= 15 is 0 Å². The van der Waals surface area contributed by atoms with Crippen LogP contribution < -0.4 is 0 Å². The summed E-state index contributed by atoms with van der Waals surface area (Å²) in [6.07, 6.45) is 1.03. The molecule has 0 aliphatic heterocycles. The minimum atomic E-state index is 0.552. The number of rotatable bonds is 5. The van der Waals surface area contributed by atoms with Gasteiger partial charge < -0.3 is 14.5 Å². The van der Waals surface area contributed by atoms with Crippen molar-refractivity contribution in [2.45, 2.75) is 32.9 Å². The fraction of sp³-hybridized carbons (Fsp3) is 0.467. The smallest absolute Gasteiger partial charge is 0.178 e. The number of nitriles is 1. The van der Waals surface area contributed by atoms with Gasteiger partial charge in [-0.05, 0) is 58.2 Å². The summed E-state index contributed by atoms with van der Waals surface area (Å²) in [6.45, 7) is 6.28. The highest BCUT2D eigenvalue weighted by Gasteiger charge is 2.08. The maximum absolute atomic E-state index is 9.13. The van der Waals surface area contributed by atoms with Gasteiger partial charge in [-0.15, -0.1) is 0 Å². The van der Waals surface area contributed by atoms with E-state index < -0.39 is 0 Å². The Bertz CT molecular complexity index is 690. The molecule has 1 N–H and O–H groups in total. The second-order valence-electron chi connectivity index (χ2n) is 5.32. The van der Waals surface area contributed by atoms with Gasteiger partial charge in [0.25, 0.3) is 0 Å². The van der Waals surface area contributed by atoms with Gasteiger partial charge in [-0.1, -0.05) is 6.07 Å². The van der Waals surface area contributed by atoms with Gasteiger partial charge >= 0.3 is 0 Å². The normalized spacial score (nSPS) is 11.4. The van der Waals surface area contributed by atoms with Gasteiger partial charge in [-0.2, -0.15) is 5.26 Å². The monoisotopic (exact) mass is 288 g/mol. The summed E-state index contributed by atoms with van der Waals surface area (Å²) in [5, 5.41) is 9.13. The van der Waals surface area contributed by atoms with Gasteiger partial charge in [-0.25, -0.2) is 0 Å². The number of aromatic nitrogens is 2. The molecule has 0 atom stereocenters. The molecule has 0 saturated heterocycles. The highest BCUT2D eigenvalue weighted by Crippen LogP contribution is 2.18. The van der Waals surface area contributed by atoms with Crippen molar-refractivity contribution in [1.29, 1.82) is 5.26 Å². The second-order valence-corrected chi connectivity index (χ2v) is 5.71. The van der Waals surface area contributed by atoms with E-state index in [2.05, 4.69) is 41.4 Å². The third-order valence-electron chi connectivity index (χ3n) is 3.70. The number of aryl methyl sites for hydroxylation is 1. The molecule has 2 rings (SSSR count). The van der Waals surface area contributed by atoms with Crippen LogP contribution in [0.2, 0.25) is 0 Å². The topological polar surface area (TPSA) is 47.8 Å². The number of H-pyrrole nitrogens is 1. The Hall–Kier alpha value is -1.64. The van der Waals surface area contributed by atoms with Gasteiger partial charge in [-0.3, -0.25) is 0 Å². The fourth-order valence-electron chi connectivity index (χ4n) is 2.23. The van der Waals surface area contributed by atoms with E-state index in [0.29, 0.717) is 16.4 Å². The molecule has 20 heavy (non-hydrogen) atoms. The van der Waals surface area contributed by atoms with Crippen molar-refractivity contribution in [3.05, 3.63) is 28.5 Å². The first-order chi connectivity index (χ1) is 9.54. The average Bonchev–Trinajstić information content (AvgIpc) is 2.74. The minimum Gasteiger partial charge on any atom is -0.329 e. The lowest BCUT2D eigenvalue weighted by molar-refractivity contribution is 0.266. The lowest BCUT2D eigenvalue weighted by Crippen LogP contribution is -2.27. The summed E-state index contributed by atoms with van der Waals surface area (Å²) in [6, 6.07) is 8.47. The lowest BCUT2D eigenvalue weighted by Gasteiger charge is -2.20. The van der Waals surface area contributed by atoms with E-state index in [-0.39, 0.29) is 0 Å². The Kier molecular flexibility index (Phi) is 4.58. The molecule has 0 bridgehead atoms. The van der Waals surface area contributed by atoms with Crippen LogP contribution in [0.5, 0.6) is 0 Å². The molecule has 0 radical (unpaired) electrons. The Labute approximate surface area is 124 Å². The first-order valence-corrected chi connectivity index (χ1v) is 7.27. The number of nitrogens with zero attached hydrogens (tertiary/aromatic N) is 3. The van der Waals surface area contributed by atoms with Crippen LogP contribution in [-0.2, 0) is 6.54 Å². The maximum Gasteiger partial charge on any atom is 0.178 e. The molecule has 0 spiro atoms. The minimum absolute atomic E-state index is 0.552. The zero-order chi connectivity index (χ0) is 14.7. The highest BCUT2D eigenvalue weighted by atomic mass is 32.1. The molecule has 1 heterocycles. The summed E-state index contributed by atoms with van der Waals surface area (Å²) in [5.41, 5.74) is 2.50. The van der Waals surface area contributed by atoms with Crippen LogP contribution in [0.25, 0.3) is 11.0 Å². The van der Waals surface area contributed by atoms with Crippen LogP contribution >= 0.6 is 12.2 Å². The number of fused-ring (bicyclic) bond motifs is 1. The SMILES string of the molecule is CC(C)N(C)CCCn1c(=S)[nH]c2c(C#N)cccc21. The van der Waals surface area contributed by atoms with Gasteiger partial charge in [0.15, 0.2) is 4.77 Å². The summed E-state index contributed by atoms with van der Waals surface area (Å²) in [5.74, 6) is 0. The summed E-state index contributed by atoms with van der Waals surface area (Å²) in [7, 11) is 2.13. The Morgan fingerprint density at radius 2 is 2.20 bits per heavy atom. The summed E-state index contributed by atoms with van der Waals surface area (Å²) < 4.78 is 2.77. The highest BCUT2D eigenvalue weighted by molar-refractivity contribution is 7.71. The first kappa shape index (κ1) is 14.8. The lowest BCUT2D eigenvalue weighted by atomic mass is 10.2. The molecule has 0 unspecified atom stereocenters. The van der Waals surface area contributed by atoms with E-state index in [1.54, 1.807) is 0 Å². The zero-order valence-corrected chi connectivity index (χ0v) is 13.0. The van der Waals surface area contributed by atoms with Gasteiger partial charge in [0, 0.05) is 12.6 Å². The summed E-state index contributed by atoms with van der Waals surface area (Å²) in [4.78, 5) is 5.47. The van der Waals surface area contributed by atoms with E-state index in [9.17, 15) is 0 Å². The standard InChI is InChI=1S/C15H20N4S/c1-11(2)18(3)8-5-9-19-13-7-4-6-12(10-16)14(13)17-15(19)20/h4,6-7,11H,5,8-9H2,1-3H3,(H,17,20). The van der Waals surface area contributed by atoms with Crippen LogP contribution in [-0.4, -0.2) is 34.1 Å². The summed E-state index contributed by atoms with van der Waals surface area (Å²) >= 11 is 5.38. The van der Waals surface area contributed by atoms with Gasteiger partial charge in [0.2, 0.25) is 0 Å². The Morgan fingerprint density at radius 1 is 1.45 bits per heavy atom. The second kappa shape index (κ2) is 6.21. The Balaban J connectivity index is 2.21. The first-order valence-electron chi connectivity index (χ1n) is 6.86. The molecule has 0 amide bonds. The number of hydrogen-bond donors (Lipinski definition) is 1. The van der Waals surface area contributed by atoms with Crippen molar-refractivity contribution in [3.8, 4) is 6.07 Å². The van der Waals surface area contributed by atoms with Crippen molar-refractivity contribution in [2.24, 2.45) is 0 Å². The van der Waals surface area contributed by atoms with Crippen molar-refractivity contribution in [1.82, 2.24) is 14.5 Å². The number of aromatic amines is 1. The van der Waals surface area contributed by atoms with Crippen molar-refractivity contribution >= 4 is 23.3 Å². The molecule has 4 nitrogen and oxygen atoms in total. The number of para-hydroxylation sites is 1. The number of hydrogen-bond acceptors (Lipinski definition) is 3. The third-order valence-corrected chi connectivity index (χ3v) is 4.03. The molecule has 1 aromatic heterocycles. The predicted molar refractivity (Wildman–Crippen MR) is 84.2 cm³/mol. The van der Waals surface area contributed by atoms with Crippen LogP contribution in [0.15, 0.2) is 18.2 Å². The third kappa shape index (κ3) is 2.92. The van der Waals surface area contributed by atoms with Crippen LogP contribution in [0.4, 0.5) is 0 Å². The van der Waals surface area contributed by atoms with Crippen molar-refractivity contribution in [3.63, 3.8) is 0 Å². The molecule has 0 aliphatic carbocycles. The molecule has 0 saturated carbocycles. The van der Waals surface area contributed by atoms with Gasteiger partial charge in [0.05, 0.1) is 16.6 Å². The number of nitrogens with one attached hydrogen (secondary N) is 1. The van der Waals surface area contributed by atoms with E-state index in [1.165, 1.54) is 0 Å². The fourth-order valence-corrected chi connectivity index (χ4v) is 2.52.